The van der Waals surface area contributed by atoms with Gasteiger partial charge < -0.3 is 10.0 Å². The highest BCUT2D eigenvalue weighted by Crippen LogP contribution is 2.62. The van der Waals surface area contributed by atoms with Crippen LogP contribution < -0.4 is 0 Å². The number of hydrogen-bond acceptors (Lipinski definition) is 3. The Morgan fingerprint density at radius 2 is 1.90 bits per heavy atom. The minimum atomic E-state index is -5.98. The lowest BCUT2D eigenvalue weighted by Gasteiger charge is -2.53. The van der Waals surface area contributed by atoms with E-state index in [4.69, 9.17) is 0 Å². The Bertz CT molecular complexity index is 1090. The lowest BCUT2D eigenvalue weighted by atomic mass is 9.51. The third-order valence-electron chi connectivity index (χ3n) is 9.39. The van der Waals surface area contributed by atoms with Crippen LogP contribution in [0.2, 0.25) is 0 Å². The van der Waals surface area contributed by atoms with Gasteiger partial charge in [-0.05, 0) is 92.8 Å². The molecule has 0 spiro atoms. The molecule has 3 nitrogen and oxygen atoms in total. The summed E-state index contributed by atoms with van der Waals surface area (Å²) in [6, 6.07) is 5.13. The molecule has 3 aliphatic rings. The molecule has 0 heterocycles. The van der Waals surface area contributed by atoms with Gasteiger partial charge in [0.1, 0.15) is 17.7 Å². The average Bonchev–Trinajstić information content (AvgIpc) is 3.14. The second-order valence-corrected chi connectivity index (χ2v) is 11.9. The van der Waals surface area contributed by atoms with Crippen molar-refractivity contribution in [2.45, 2.75) is 82.5 Å². The minimum absolute atomic E-state index is 0.0216. The van der Waals surface area contributed by atoms with E-state index in [0.29, 0.717) is 25.8 Å². The summed E-state index contributed by atoms with van der Waals surface area (Å²) in [5, 5.41) is 10.1. The number of halogens is 7. The molecule has 3 aliphatic carbocycles. The first-order valence-electron chi connectivity index (χ1n) is 13.6. The van der Waals surface area contributed by atoms with E-state index >= 15 is 4.39 Å². The van der Waals surface area contributed by atoms with Crippen molar-refractivity contribution in [2.75, 3.05) is 20.1 Å². The van der Waals surface area contributed by atoms with Gasteiger partial charge in [-0.25, -0.2) is 8.78 Å². The van der Waals surface area contributed by atoms with Crippen LogP contribution in [0.4, 0.5) is 30.7 Å². The number of alkyl halides is 6. The molecule has 0 aliphatic heterocycles. The molecule has 2 saturated carbocycles. The number of aromatic hydroxyl groups is 1. The Kier molecular flexibility index (Phi) is 8.47. The summed E-state index contributed by atoms with van der Waals surface area (Å²) in [5.41, 5.74) is 1.23. The van der Waals surface area contributed by atoms with Gasteiger partial charge >= 0.3 is 12.1 Å². The molecule has 218 valence electrons. The van der Waals surface area contributed by atoms with Crippen LogP contribution in [0, 0.1) is 23.2 Å². The smallest absolute Gasteiger partial charge is 0.460 e. The zero-order valence-corrected chi connectivity index (χ0v) is 22.2. The van der Waals surface area contributed by atoms with Crippen LogP contribution in [-0.4, -0.2) is 54.2 Å². The molecule has 0 unspecified atom stereocenters. The number of hydrogen-bond donors (Lipinski definition) is 1. The molecule has 0 saturated heterocycles. The van der Waals surface area contributed by atoms with E-state index in [9.17, 15) is 36.2 Å². The molecule has 10 heteroatoms. The molecule has 6 atom stereocenters. The molecule has 1 aromatic rings. The molecule has 0 amide bonds. The van der Waals surface area contributed by atoms with E-state index in [-0.39, 0.29) is 54.2 Å². The van der Waals surface area contributed by atoms with Gasteiger partial charge in [-0.1, -0.05) is 25.8 Å². The number of allylic oxidation sites excluding steroid dienone is 1. The molecular formula is C29H36F7NO2. The van der Waals surface area contributed by atoms with Gasteiger partial charge in [0.05, 0.1) is 0 Å². The normalized spacial score (nSPS) is 31.3. The Morgan fingerprint density at radius 1 is 1.18 bits per heavy atom. The van der Waals surface area contributed by atoms with E-state index in [1.807, 2.05) is 13.0 Å². The zero-order valence-electron chi connectivity index (χ0n) is 22.2. The van der Waals surface area contributed by atoms with Gasteiger partial charge in [0.15, 0.2) is 5.83 Å². The number of benzene rings is 1. The summed E-state index contributed by atoms with van der Waals surface area (Å²) in [6.07, 6.45) is -1.75. The molecule has 1 N–H and O–H groups in total. The van der Waals surface area contributed by atoms with E-state index in [1.54, 1.807) is 12.1 Å². The summed E-state index contributed by atoms with van der Waals surface area (Å²) >= 11 is 0. The van der Waals surface area contributed by atoms with E-state index in [0.717, 1.165) is 36.8 Å². The second-order valence-electron chi connectivity index (χ2n) is 11.9. The lowest BCUT2D eigenvalue weighted by Crippen LogP contribution is -2.50. The number of carbonyl (C=O) groups is 1. The number of nitrogens with zero attached hydrogens (tertiary/aromatic N) is 1. The van der Waals surface area contributed by atoms with Gasteiger partial charge in [0, 0.05) is 24.3 Å². The lowest BCUT2D eigenvalue weighted by molar-refractivity contribution is -0.270. The molecule has 0 radical (unpaired) electrons. The summed E-state index contributed by atoms with van der Waals surface area (Å²) in [5.74, 6) is -7.77. The Labute approximate surface area is 224 Å². The molecule has 0 bridgehead atoms. The van der Waals surface area contributed by atoms with Crippen molar-refractivity contribution in [3.8, 4) is 5.75 Å². The highest BCUT2D eigenvalue weighted by atomic mass is 19.4. The number of phenols is 1. The van der Waals surface area contributed by atoms with Gasteiger partial charge in [-0.2, -0.15) is 22.0 Å². The minimum Gasteiger partial charge on any atom is -0.508 e. The van der Waals surface area contributed by atoms with Crippen molar-refractivity contribution in [2.24, 2.45) is 23.2 Å². The third-order valence-corrected chi connectivity index (χ3v) is 9.39. The fourth-order valence-corrected chi connectivity index (χ4v) is 7.39. The number of unbranched alkanes of at least 4 members (excludes halogenated alkanes) is 2. The maximum absolute atomic E-state index is 15.8. The number of fused-ring (bicyclic) bond motifs is 5. The third kappa shape index (κ3) is 5.72. The zero-order chi connectivity index (χ0) is 28.8. The van der Waals surface area contributed by atoms with Crippen LogP contribution in [0.15, 0.2) is 30.1 Å². The van der Waals surface area contributed by atoms with Crippen LogP contribution in [0.25, 0.3) is 0 Å². The first kappa shape index (κ1) is 29.9. The molecule has 39 heavy (non-hydrogen) atoms. The Hall–Kier alpha value is -2.10. The van der Waals surface area contributed by atoms with Crippen molar-refractivity contribution >= 4 is 5.78 Å². The quantitative estimate of drug-likeness (QED) is 0.249. The highest BCUT2D eigenvalue weighted by molar-refractivity contribution is 5.87. The molecule has 2 fully saturated rings. The predicted molar refractivity (Wildman–Crippen MR) is 133 cm³/mol. The van der Waals surface area contributed by atoms with Crippen molar-refractivity contribution in [3.05, 3.63) is 41.2 Å². The largest absolute Gasteiger partial charge is 0.508 e. The van der Waals surface area contributed by atoms with Crippen LogP contribution >= 0.6 is 0 Å². The van der Waals surface area contributed by atoms with Gasteiger partial charge in [-0.3, -0.25) is 4.79 Å². The van der Waals surface area contributed by atoms with Crippen molar-refractivity contribution < 1.29 is 40.6 Å². The van der Waals surface area contributed by atoms with Crippen molar-refractivity contribution in [1.29, 1.82) is 0 Å². The summed E-state index contributed by atoms with van der Waals surface area (Å²) in [6.45, 7) is 1.92. The van der Waals surface area contributed by atoms with Crippen molar-refractivity contribution in [3.63, 3.8) is 0 Å². The fraction of sp³-hybridized carbons (Fsp3) is 0.690. The number of ketones is 1. The highest BCUT2D eigenvalue weighted by Gasteiger charge is 2.61. The van der Waals surface area contributed by atoms with Gasteiger partial charge in [-0.15, -0.1) is 0 Å². The molecular weight excluding hydrogens is 527 g/mol. The summed E-state index contributed by atoms with van der Waals surface area (Å²) < 4.78 is 92.2. The maximum Gasteiger partial charge on any atom is 0.460 e. The standard InChI is InChI=1S/C29H36F7NO2/c1-27-16-22(30)26-20-8-7-19(38)15-18(20)14-17(25(26)21(27)9-10-24(27)39)6-4-3-5-12-37(2)13-11-23(31)28(32,33)29(34,35)36/h7-8,11,15,17,21-22,25-26,38H,3-6,9-10,12-14,16H2,1-2H3/t17-,21+,22+,25+,26+,27+/m1/s1. The second kappa shape index (κ2) is 11.1. The number of likely N-dealkylation sites (N-methyl/N-ethyl adjacent to an activating group) is 1. The van der Waals surface area contributed by atoms with Gasteiger partial charge in [0.2, 0.25) is 0 Å². The average molecular weight is 564 g/mol. The SMILES string of the molecule is CN(CC=C(F)C(F)(F)C(F)(F)F)CCCCC[C@@H]1Cc2cc(O)ccc2[C@@H]2[C@@H]1[C@@H]1CCC(=O)[C@@]1(C)C[C@@H]2F. The van der Waals surface area contributed by atoms with E-state index in [1.165, 1.54) is 11.9 Å². The van der Waals surface area contributed by atoms with Crippen LogP contribution in [0.5, 0.6) is 5.75 Å². The Morgan fingerprint density at radius 3 is 2.59 bits per heavy atom. The number of phenolic OH excluding ortho intramolecular Hbond substituents is 1. The van der Waals surface area contributed by atoms with Crippen molar-refractivity contribution in [1.82, 2.24) is 4.90 Å². The topological polar surface area (TPSA) is 40.5 Å². The molecule has 1 aromatic carbocycles. The van der Waals surface area contributed by atoms with E-state index < -0.39 is 29.5 Å². The Balaban J connectivity index is 1.36. The molecule has 4 rings (SSSR count). The van der Waals surface area contributed by atoms with Crippen LogP contribution in [-0.2, 0) is 11.2 Å². The fourth-order valence-electron chi connectivity index (χ4n) is 7.39. The first-order chi connectivity index (χ1) is 18.2. The van der Waals surface area contributed by atoms with Gasteiger partial charge in [0.25, 0.3) is 0 Å². The number of Topliss-reactive ketones (excluding diaryl/α,β-unsaturated/α-hetero) is 1. The molecule has 0 aromatic heterocycles. The van der Waals surface area contributed by atoms with E-state index in [2.05, 4.69) is 0 Å². The van der Waals surface area contributed by atoms with Crippen LogP contribution in [0.3, 0.4) is 0 Å². The monoisotopic (exact) mass is 563 g/mol. The summed E-state index contributed by atoms with van der Waals surface area (Å²) in [7, 11) is 1.52. The van der Waals surface area contributed by atoms with Crippen LogP contribution in [0.1, 0.15) is 68.9 Å². The predicted octanol–water partition coefficient (Wildman–Crippen LogP) is 7.53. The number of rotatable bonds is 9. The summed E-state index contributed by atoms with van der Waals surface area (Å²) in [4.78, 5) is 14.3. The number of carbonyl (C=O) groups excluding carboxylic acids is 1. The first-order valence-corrected chi connectivity index (χ1v) is 13.6. The maximum atomic E-state index is 15.8.